The van der Waals surface area contributed by atoms with Crippen molar-refractivity contribution in [1.29, 1.82) is 0 Å². The second kappa shape index (κ2) is 8.97. The van der Waals surface area contributed by atoms with Gasteiger partial charge in [-0.1, -0.05) is 70.5 Å². The van der Waals surface area contributed by atoms with E-state index in [1.165, 1.54) is 18.4 Å². The van der Waals surface area contributed by atoms with E-state index in [4.69, 9.17) is 4.74 Å². The van der Waals surface area contributed by atoms with E-state index in [0.29, 0.717) is 18.4 Å². The van der Waals surface area contributed by atoms with Crippen LogP contribution in [0.3, 0.4) is 0 Å². The third-order valence-electron chi connectivity index (χ3n) is 3.87. The minimum absolute atomic E-state index is 0.147. The van der Waals surface area contributed by atoms with Crippen LogP contribution in [0.25, 0.3) is 0 Å². The lowest BCUT2D eigenvalue weighted by molar-refractivity contribution is 0.0134. The number of rotatable bonds is 9. The average Bonchev–Trinajstić information content (AvgIpc) is 2.42. The van der Waals surface area contributed by atoms with Gasteiger partial charge in [0, 0.05) is 0 Å². The molecule has 0 saturated heterocycles. The van der Waals surface area contributed by atoms with Gasteiger partial charge in [0.25, 0.3) is 0 Å². The molecule has 0 amide bonds. The molecule has 2 atom stereocenters. The van der Waals surface area contributed by atoms with E-state index in [1.54, 1.807) is 0 Å². The lowest BCUT2D eigenvalue weighted by Crippen LogP contribution is -2.26. The lowest BCUT2D eigenvalue weighted by Gasteiger charge is -2.29. The first-order valence-electron chi connectivity index (χ1n) is 7.82. The van der Waals surface area contributed by atoms with Gasteiger partial charge >= 0.3 is 0 Å². The molecule has 112 valence electrons. The van der Waals surface area contributed by atoms with Gasteiger partial charge in [-0.25, -0.2) is 0 Å². The highest BCUT2D eigenvalue weighted by molar-refractivity contribution is 5.13. The Labute approximate surface area is 125 Å². The van der Waals surface area contributed by atoms with Crippen LogP contribution in [-0.2, 0) is 11.3 Å². The Morgan fingerprint density at radius 2 is 1.70 bits per heavy atom. The van der Waals surface area contributed by atoms with Gasteiger partial charge < -0.3 is 4.74 Å². The molecule has 0 aliphatic rings. The monoisotopic (exact) mass is 274 g/mol. The Kier molecular flexibility index (Phi) is 7.61. The highest BCUT2D eigenvalue weighted by atomic mass is 16.5. The van der Waals surface area contributed by atoms with Crippen molar-refractivity contribution in [3.8, 4) is 0 Å². The molecule has 0 aliphatic heterocycles. The van der Waals surface area contributed by atoms with Crippen LogP contribution < -0.4 is 0 Å². The predicted octanol–water partition coefficient (Wildman–Crippen LogP) is 5.47. The van der Waals surface area contributed by atoms with E-state index in [1.807, 2.05) is 12.1 Å². The van der Waals surface area contributed by atoms with Gasteiger partial charge in [0.2, 0.25) is 0 Å². The molecule has 1 aromatic rings. The van der Waals surface area contributed by atoms with Gasteiger partial charge in [0.05, 0.1) is 12.7 Å². The molecule has 0 bridgehead atoms. The van der Waals surface area contributed by atoms with E-state index in [9.17, 15) is 0 Å². The second-order valence-electron chi connectivity index (χ2n) is 6.38. The van der Waals surface area contributed by atoms with Crippen LogP contribution in [0.4, 0.5) is 0 Å². The number of benzene rings is 1. The molecule has 0 heterocycles. The molecule has 0 aliphatic carbocycles. The predicted molar refractivity (Wildman–Crippen MR) is 87.6 cm³/mol. The van der Waals surface area contributed by atoms with Crippen molar-refractivity contribution in [3.05, 3.63) is 48.6 Å². The summed E-state index contributed by atoms with van der Waals surface area (Å²) in [4.78, 5) is 0. The van der Waals surface area contributed by atoms with Crippen LogP contribution in [-0.4, -0.2) is 6.10 Å². The van der Waals surface area contributed by atoms with Crippen molar-refractivity contribution < 1.29 is 4.74 Å². The standard InChI is InChI=1S/C19H30O/c1-6-19(18(16(4)5)13-12-15(2)3)20-14-17-10-8-7-9-11-17/h6-11,15-16,18-19H,1,12-14H2,2-5H3/t18-,19-/m0/s1. The summed E-state index contributed by atoms with van der Waals surface area (Å²) in [6, 6.07) is 10.4. The summed E-state index contributed by atoms with van der Waals surface area (Å²) in [5.41, 5.74) is 1.23. The molecule has 0 unspecified atom stereocenters. The Morgan fingerprint density at radius 1 is 1.05 bits per heavy atom. The molecular weight excluding hydrogens is 244 g/mol. The van der Waals surface area contributed by atoms with Crippen molar-refractivity contribution in [2.75, 3.05) is 0 Å². The zero-order valence-electron chi connectivity index (χ0n) is 13.5. The first-order chi connectivity index (χ1) is 9.54. The largest absolute Gasteiger partial charge is 0.369 e. The Bertz CT molecular complexity index is 367. The zero-order chi connectivity index (χ0) is 15.0. The molecular formula is C19H30O. The topological polar surface area (TPSA) is 9.23 Å². The van der Waals surface area contributed by atoms with Crippen LogP contribution in [0.2, 0.25) is 0 Å². The van der Waals surface area contributed by atoms with Crippen molar-refractivity contribution in [2.24, 2.45) is 17.8 Å². The maximum atomic E-state index is 6.12. The Hall–Kier alpha value is -1.08. The summed E-state index contributed by atoms with van der Waals surface area (Å²) < 4.78 is 6.12. The average molecular weight is 274 g/mol. The van der Waals surface area contributed by atoms with E-state index in [0.717, 1.165) is 5.92 Å². The summed E-state index contributed by atoms with van der Waals surface area (Å²) in [6.07, 6.45) is 4.59. The van der Waals surface area contributed by atoms with Gasteiger partial charge in [-0.2, -0.15) is 0 Å². The first kappa shape index (κ1) is 17.0. The van der Waals surface area contributed by atoms with Crippen molar-refractivity contribution in [1.82, 2.24) is 0 Å². The van der Waals surface area contributed by atoms with E-state index < -0.39 is 0 Å². The summed E-state index contributed by atoms with van der Waals surface area (Å²) in [6.45, 7) is 13.8. The molecule has 1 rings (SSSR count). The fourth-order valence-electron chi connectivity index (χ4n) is 2.54. The minimum Gasteiger partial charge on any atom is -0.369 e. The molecule has 0 saturated carbocycles. The first-order valence-corrected chi connectivity index (χ1v) is 7.82. The van der Waals surface area contributed by atoms with Crippen molar-refractivity contribution in [3.63, 3.8) is 0 Å². The van der Waals surface area contributed by atoms with Crippen LogP contribution in [0.15, 0.2) is 43.0 Å². The Balaban J connectivity index is 2.58. The highest BCUT2D eigenvalue weighted by Crippen LogP contribution is 2.26. The van der Waals surface area contributed by atoms with Gasteiger partial charge in [-0.05, 0) is 29.7 Å². The Morgan fingerprint density at radius 3 is 2.20 bits per heavy atom. The van der Waals surface area contributed by atoms with E-state index in [-0.39, 0.29) is 6.10 Å². The fourth-order valence-corrected chi connectivity index (χ4v) is 2.54. The maximum Gasteiger partial charge on any atom is 0.0788 e. The van der Waals surface area contributed by atoms with Gasteiger partial charge in [0.1, 0.15) is 0 Å². The SMILES string of the molecule is C=C[C@H](OCc1ccccc1)[C@@H](CCC(C)C)C(C)C. The van der Waals surface area contributed by atoms with Gasteiger partial charge in [-0.3, -0.25) is 0 Å². The normalized spacial score (nSPS) is 14.5. The van der Waals surface area contributed by atoms with E-state index in [2.05, 4.69) is 58.5 Å². The lowest BCUT2D eigenvalue weighted by atomic mass is 9.84. The highest BCUT2D eigenvalue weighted by Gasteiger charge is 2.23. The van der Waals surface area contributed by atoms with Gasteiger partial charge in [-0.15, -0.1) is 6.58 Å². The van der Waals surface area contributed by atoms with Gasteiger partial charge in [0.15, 0.2) is 0 Å². The molecule has 0 fully saturated rings. The zero-order valence-corrected chi connectivity index (χ0v) is 13.5. The molecule has 20 heavy (non-hydrogen) atoms. The van der Waals surface area contributed by atoms with E-state index >= 15 is 0 Å². The summed E-state index contributed by atoms with van der Waals surface area (Å²) >= 11 is 0. The summed E-state index contributed by atoms with van der Waals surface area (Å²) in [7, 11) is 0. The van der Waals surface area contributed by atoms with Crippen LogP contribution in [0, 0.1) is 17.8 Å². The van der Waals surface area contributed by atoms with Crippen molar-refractivity contribution in [2.45, 2.75) is 53.2 Å². The molecule has 1 heteroatoms. The van der Waals surface area contributed by atoms with Crippen LogP contribution in [0.5, 0.6) is 0 Å². The molecule has 0 spiro atoms. The second-order valence-corrected chi connectivity index (χ2v) is 6.38. The van der Waals surface area contributed by atoms with Crippen LogP contribution in [0.1, 0.15) is 46.1 Å². The fraction of sp³-hybridized carbons (Fsp3) is 0.579. The number of ether oxygens (including phenoxy) is 1. The summed E-state index contributed by atoms with van der Waals surface area (Å²) in [5.74, 6) is 1.92. The molecule has 1 aromatic carbocycles. The summed E-state index contributed by atoms with van der Waals surface area (Å²) in [5, 5.41) is 0. The molecule has 1 nitrogen and oxygen atoms in total. The molecule has 0 N–H and O–H groups in total. The van der Waals surface area contributed by atoms with Crippen LogP contribution >= 0.6 is 0 Å². The molecule has 0 radical (unpaired) electrons. The third-order valence-corrected chi connectivity index (χ3v) is 3.87. The smallest absolute Gasteiger partial charge is 0.0788 e. The van der Waals surface area contributed by atoms with Crippen molar-refractivity contribution >= 4 is 0 Å². The minimum atomic E-state index is 0.147. The number of hydrogen-bond acceptors (Lipinski definition) is 1. The maximum absolute atomic E-state index is 6.12. The quantitative estimate of drug-likeness (QED) is 0.543. The number of hydrogen-bond donors (Lipinski definition) is 0. The molecule has 0 aromatic heterocycles. The third kappa shape index (κ3) is 5.92.